The van der Waals surface area contributed by atoms with Gasteiger partial charge in [0.2, 0.25) is 0 Å². The Kier molecular flexibility index (Phi) is 4.69. The van der Waals surface area contributed by atoms with Crippen molar-refractivity contribution in [2.45, 2.75) is 39.3 Å². The SMILES string of the molecule is Cn1cc(CNCc2ccc(F)c(Cl)c2)c(C(C)(C)C)n1. The van der Waals surface area contributed by atoms with Gasteiger partial charge in [-0.15, -0.1) is 0 Å². The zero-order valence-electron chi connectivity index (χ0n) is 12.9. The summed E-state index contributed by atoms with van der Waals surface area (Å²) in [6, 6.07) is 4.78. The summed E-state index contributed by atoms with van der Waals surface area (Å²) >= 11 is 5.78. The topological polar surface area (TPSA) is 29.9 Å². The number of hydrogen-bond donors (Lipinski definition) is 1. The maximum Gasteiger partial charge on any atom is 0.141 e. The quantitative estimate of drug-likeness (QED) is 0.931. The number of nitrogens with one attached hydrogen (secondary N) is 1. The molecule has 0 aliphatic heterocycles. The van der Waals surface area contributed by atoms with E-state index in [1.807, 2.05) is 17.9 Å². The van der Waals surface area contributed by atoms with Crippen LogP contribution in [0.5, 0.6) is 0 Å². The van der Waals surface area contributed by atoms with Gasteiger partial charge in [-0.3, -0.25) is 4.68 Å². The van der Waals surface area contributed by atoms with Gasteiger partial charge in [0.25, 0.3) is 0 Å². The minimum atomic E-state index is -0.386. The summed E-state index contributed by atoms with van der Waals surface area (Å²) in [6.45, 7) is 7.81. The average molecular weight is 310 g/mol. The van der Waals surface area contributed by atoms with Crippen molar-refractivity contribution in [1.29, 1.82) is 0 Å². The normalized spacial score (nSPS) is 11.9. The molecule has 3 nitrogen and oxygen atoms in total. The van der Waals surface area contributed by atoms with Gasteiger partial charge in [-0.2, -0.15) is 5.10 Å². The fraction of sp³-hybridized carbons (Fsp3) is 0.438. The van der Waals surface area contributed by atoms with Crippen molar-refractivity contribution in [3.8, 4) is 0 Å². The maximum absolute atomic E-state index is 13.1. The molecule has 1 aromatic carbocycles. The van der Waals surface area contributed by atoms with E-state index in [4.69, 9.17) is 11.6 Å². The molecule has 0 fully saturated rings. The van der Waals surface area contributed by atoms with Gasteiger partial charge in [-0.05, 0) is 17.7 Å². The number of rotatable bonds is 4. The van der Waals surface area contributed by atoms with Crippen LogP contribution in [-0.4, -0.2) is 9.78 Å². The molecule has 1 heterocycles. The predicted octanol–water partition coefficient (Wildman–Crippen LogP) is 3.80. The lowest BCUT2D eigenvalue weighted by atomic mass is 9.89. The molecule has 5 heteroatoms. The molecule has 0 spiro atoms. The fourth-order valence-corrected chi connectivity index (χ4v) is 2.49. The molecule has 2 rings (SSSR count). The van der Waals surface area contributed by atoms with Crippen molar-refractivity contribution in [3.05, 3.63) is 52.1 Å². The van der Waals surface area contributed by atoms with E-state index >= 15 is 0 Å². The number of aryl methyl sites for hydroxylation is 1. The Balaban J connectivity index is 2.02. The maximum atomic E-state index is 13.1. The Hall–Kier alpha value is -1.39. The highest BCUT2D eigenvalue weighted by Gasteiger charge is 2.21. The Morgan fingerprint density at radius 2 is 2.00 bits per heavy atom. The first-order valence-electron chi connectivity index (χ1n) is 6.95. The van der Waals surface area contributed by atoms with E-state index in [-0.39, 0.29) is 16.3 Å². The standard InChI is InChI=1S/C16H21ClFN3/c1-16(2,3)15-12(10-21(4)20-15)9-19-8-11-5-6-14(18)13(17)7-11/h5-7,10,19H,8-9H2,1-4H3. The first kappa shape index (κ1) is 16.0. The van der Waals surface area contributed by atoms with Crippen LogP contribution in [0.4, 0.5) is 4.39 Å². The van der Waals surface area contributed by atoms with Crippen LogP contribution < -0.4 is 5.32 Å². The van der Waals surface area contributed by atoms with Gasteiger partial charge >= 0.3 is 0 Å². The molecular weight excluding hydrogens is 289 g/mol. The molecule has 0 aliphatic rings. The molecule has 0 saturated carbocycles. The summed E-state index contributed by atoms with van der Waals surface area (Å²) in [5.74, 6) is -0.386. The molecule has 1 aromatic heterocycles. The first-order chi connectivity index (χ1) is 9.77. The van der Waals surface area contributed by atoms with E-state index in [9.17, 15) is 4.39 Å². The number of nitrogens with zero attached hydrogens (tertiary/aromatic N) is 2. The van der Waals surface area contributed by atoms with Gasteiger partial charge in [0, 0.05) is 37.3 Å². The summed E-state index contributed by atoms with van der Waals surface area (Å²) in [5, 5.41) is 8.05. The van der Waals surface area contributed by atoms with Crippen molar-refractivity contribution in [2.75, 3.05) is 0 Å². The lowest BCUT2D eigenvalue weighted by molar-refractivity contribution is 0.543. The van der Waals surface area contributed by atoms with Crippen molar-refractivity contribution in [1.82, 2.24) is 15.1 Å². The zero-order chi connectivity index (χ0) is 15.6. The summed E-state index contributed by atoms with van der Waals surface area (Å²) in [7, 11) is 1.93. The van der Waals surface area contributed by atoms with Crippen molar-refractivity contribution < 1.29 is 4.39 Å². The third-order valence-electron chi connectivity index (χ3n) is 3.24. The second-order valence-corrected chi connectivity index (χ2v) is 6.69. The van der Waals surface area contributed by atoms with E-state index in [0.717, 1.165) is 17.8 Å². The molecule has 0 amide bonds. The first-order valence-corrected chi connectivity index (χ1v) is 7.33. The van der Waals surface area contributed by atoms with Crippen LogP contribution in [0.2, 0.25) is 5.02 Å². The van der Waals surface area contributed by atoms with Crippen LogP contribution in [0.15, 0.2) is 24.4 Å². The van der Waals surface area contributed by atoms with Crippen molar-refractivity contribution in [3.63, 3.8) is 0 Å². The Morgan fingerprint density at radius 3 is 2.62 bits per heavy atom. The van der Waals surface area contributed by atoms with E-state index in [1.165, 1.54) is 11.6 Å². The van der Waals surface area contributed by atoms with Gasteiger partial charge in [0.1, 0.15) is 5.82 Å². The Labute approximate surface area is 130 Å². The fourth-order valence-electron chi connectivity index (χ4n) is 2.29. The highest BCUT2D eigenvalue weighted by atomic mass is 35.5. The Bertz CT molecular complexity index is 629. The molecular formula is C16H21ClFN3. The van der Waals surface area contributed by atoms with E-state index in [2.05, 4.69) is 31.2 Å². The van der Waals surface area contributed by atoms with Gasteiger partial charge in [0.05, 0.1) is 10.7 Å². The molecule has 114 valence electrons. The molecule has 0 aliphatic carbocycles. The number of hydrogen-bond acceptors (Lipinski definition) is 2. The van der Waals surface area contributed by atoms with Crippen LogP contribution in [0.25, 0.3) is 0 Å². The molecule has 0 atom stereocenters. The summed E-state index contributed by atoms with van der Waals surface area (Å²) < 4.78 is 14.9. The lowest BCUT2D eigenvalue weighted by Crippen LogP contribution is -2.19. The number of aromatic nitrogens is 2. The zero-order valence-corrected chi connectivity index (χ0v) is 13.6. The largest absolute Gasteiger partial charge is 0.308 e. The van der Waals surface area contributed by atoms with E-state index in [1.54, 1.807) is 12.1 Å². The molecule has 0 radical (unpaired) electrons. The molecule has 1 N–H and O–H groups in total. The number of benzene rings is 1. The monoisotopic (exact) mass is 309 g/mol. The summed E-state index contributed by atoms with van der Waals surface area (Å²) in [5.41, 5.74) is 3.24. The third-order valence-corrected chi connectivity index (χ3v) is 3.53. The minimum absolute atomic E-state index is 0.0114. The summed E-state index contributed by atoms with van der Waals surface area (Å²) in [4.78, 5) is 0. The smallest absolute Gasteiger partial charge is 0.141 e. The van der Waals surface area contributed by atoms with Crippen LogP contribution in [0.1, 0.15) is 37.6 Å². The third kappa shape index (κ3) is 4.05. The van der Waals surface area contributed by atoms with Crippen LogP contribution in [0, 0.1) is 5.82 Å². The van der Waals surface area contributed by atoms with Crippen LogP contribution in [0.3, 0.4) is 0 Å². The molecule has 21 heavy (non-hydrogen) atoms. The van der Waals surface area contributed by atoms with E-state index < -0.39 is 0 Å². The molecule has 2 aromatic rings. The predicted molar refractivity (Wildman–Crippen MR) is 83.9 cm³/mol. The second-order valence-electron chi connectivity index (χ2n) is 6.28. The molecule has 0 saturated heterocycles. The van der Waals surface area contributed by atoms with Crippen LogP contribution >= 0.6 is 11.6 Å². The lowest BCUT2D eigenvalue weighted by Gasteiger charge is -2.17. The van der Waals surface area contributed by atoms with Crippen LogP contribution in [-0.2, 0) is 25.6 Å². The average Bonchev–Trinajstić information content (AvgIpc) is 2.75. The molecule has 0 bridgehead atoms. The number of halogens is 2. The highest BCUT2D eigenvalue weighted by Crippen LogP contribution is 2.24. The van der Waals surface area contributed by atoms with Crippen molar-refractivity contribution in [2.24, 2.45) is 7.05 Å². The molecule has 0 unspecified atom stereocenters. The van der Waals surface area contributed by atoms with Gasteiger partial charge < -0.3 is 5.32 Å². The summed E-state index contributed by atoms with van der Waals surface area (Å²) in [6.07, 6.45) is 2.03. The second kappa shape index (κ2) is 6.16. The van der Waals surface area contributed by atoms with E-state index in [0.29, 0.717) is 6.54 Å². The van der Waals surface area contributed by atoms with Crippen molar-refractivity contribution >= 4 is 11.6 Å². The van der Waals surface area contributed by atoms with Gasteiger partial charge in [-0.25, -0.2) is 4.39 Å². The highest BCUT2D eigenvalue weighted by molar-refractivity contribution is 6.30. The van der Waals surface area contributed by atoms with Gasteiger partial charge in [-0.1, -0.05) is 38.4 Å². The minimum Gasteiger partial charge on any atom is -0.308 e. The van der Waals surface area contributed by atoms with Gasteiger partial charge in [0.15, 0.2) is 0 Å². The Morgan fingerprint density at radius 1 is 1.29 bits per heavy atom.